The van der Waals surface area contributed by atoms with Crippen molar-refractivity contribution in [2.24, 2.45) is 0 Å². The highest BCUT2D eigenvalue weighted by atomic mass is 19.4. The van der Waals surface area contributed by atoms with Crippen LogP contribution in [0.2, 0.25) is 0 Å². The Kier molecular flexibility index (Phi) is 2.70. The van der Waals surface area contributed by atoms with Gasteiger partial charge in [0.25, 0.3) is 5.82 Å². The van der Waals surface area contributed by atoms with Crippen LogP contribution in [-0.4, -0.2) is 27.3 Å². The van der Waals surface area contributed by atoms with Gasteiger partial charge in [-0.05, 0) is 22.6 Å². The van der Waals surface area contributed by atoms with Crippen molar-refractivity contribution in [3.63, 3.8) is 0 Å². The van der Waals surface area contributed by atoms with Crippen LogP contribution in [0.5, 0.6) is 5.75 Å². The van der Waals surface area contributed by atoms with Crippen molar-refractivity contribution in [2.45, 2.75) is 6.18 Å². The van der Waals surface area contributed by atoms with Crippen molar-refractivity contribution in [3.05, 3.63) is 30.1 Å². The van der Waals surface area contributed by atoms with Crippen LogP contribution in [-0.2, 0) is 6.18 Å². The van der Waals surface area contributed by atoms with Crippen molar-refractivity contribution in [2.75, 3.05) is 7.11 Å². The van der Waals surface area contributed by atoms with Gasteiger partial charge in [-0.2, -0.15) is 17.9 Å². The normalized spacial score (nSPS) is 11.5. The molecule has 0 aliphatic heterocycles. The topological polar surface area (TPSA) is 52.8 Å². The Labute approximate surface area is 93.8 Å². The zero-order chi connectivity index (χ0) is 12.5. The van der Waals surface area contributed by atoms with Gasteiger partial charge in [-0.25, -0.2) is 0 Å². The summed E-state index contributed by atoms with van der Waals surface area (Å²) in [5.41, 5.74) is 0.182. The molecule has 17 heavy (non-hydrogen) atoms. The summed E-state index contributed by atoms with van der Waals surface area (Å²) in [6, 6.07) is 6.02. The van der Waals surface area contributed by atoms with E-state index in [4.69, 9.17) is 4.74 Å². The molecule has 0 unspecified atom stereocenters. The summed E-state index contributed by atoms with van der Waals surface area (Å²) < 4.78 is 43.2. The number of tetrazole rings is 1. The van der Waals surface area contributed by atoms with Gasteiger partial charge in [0.1, 0.15) is 5.75 Å². The average molecular weight is 244 g/mol. The van der Waals surface area contributed by atoms with Crippen LogP contribution < -0.4 is 4.74 Å². The van der Waals surface area contributed by atoms with Gasteiger partial charge in [0.15, 0.2) is 0 Å². The monoisotopic (exact) mass is 244 g/mol. The average Bonchev–Trinajstić information content (AvgIpc) is 2.77. The third-order valence-electron chi connectivity index (χ3n) is 2.02. The summed E-state index contributed by atoms with van der Waals surface area (Å²) in [5.74, 6) is -0.753. The Bertz CT molecular complexity index is 523. The lowest BCUT2D eigenvalue weighted by molar-refractivity contribution is -0.146. The van der Waals surface area contributed by atoms with E-state index < -0.39 is 12.0 Å². The number of alkyl halides is 3. The maximum Gasteiger partial charge on any atom is 0.453 e. The lowest BCUT2D eigenvalue weighted by Crippen LogP contribution is -2.14. The fraction of sp³-hybridized carbons (Fsp3) is 0.222. The second-order valence-corrected chi connectivity index (χ2v) is 3.11. The molecule has 1 aromatic heterocycles. The Hall–Kier alpha value is -2.12. The minimum Gasteiger partial charge on any atom is -0.497 e. The Morgan fingerprint density at radius 2 is 2.06 bits per heavy atom. The van der Waals surface area contributed by atoms with E-state index in [1.807, 2.05) is 0 Å². The number of ether oxygens (including phenoxy) is 1. The summed E-state index contributed by atoms with van der Waals surface area (Å²) in [6.45, 7) is 0. The van der Waals surface area contributed by atoms with Gasteiger partial charge < -0.3 is 4.74 Å². The first-order valence-corrected chi connectivity index (χ1v) is 4.52. The number of aromatic nitrogens is 4. The van der Waals surface area contributed by atoms with E-state index in [1.165, 1.54) is 19.2 Å². The van der Waals surface area contributed by atoms with Gasteiger partial charge in [-0.15, -0.1) is 5.10 Å². The van der Waals surface area contributed by atoms with E-state index in [0.717, 1.165) is 0 Å². The molecule has 0 atom stereocenters. The van der Waals surface area contributed by atoms with E-state index in [2.05, 4.69) is 15.5 Å². The fourth-order valence-corrected chi connectivity index (χ4v) is 1.28. The van der Waals surface area contributed by atoms with Crippen LogP contribution in [0, 0.1) is 0 Å². The molecule has 0 saturated heterocycles. The predicted octanol–water partition coefficient (Wildman–Crippen LogP) is 1.69. The van der Waals surface area contributed by atoms with Crippen LogP contribution in [0.25, 0.3) is 5.69 Å². The van der Waals surface area contributed by atoms with Crippen molar-refractivity contribution in [3.8, 4) is 11.4 Å². The van der Waals surface area contributed by atoms with E-state index in [9.17, 15) is 13.2 Å². The zero-order valence-electron chi connectivity index (χ0n) is 8.64. The minimum atomic E-state index is -4.60. The highest BCUT2D eigenvalue weighted by Gasteiger charge is 2.38. The molecule has 1 aromatic carbocycles. The van der Waals surface area contributed by atoms with Gasteiger partial charge >= 0.3 is 6.18 Å². The maximum absolute atomic E-state index is 12.6. The molecule has 0 radical (unpaired) electrons. The first kappa shape index (κ1) is 11.4. The zero-order valence-corrected chi connectivity index (χ0v) is 8.64. The summed E-state index contributed by atoms with van der Waals surface area (Å²) >= 11 is 0. The minimum absolute atomic E-state index is 0.182. The van der Waals surface area contributed by atoms with Crippen molar-refractivity contribution < 1.29 is 17.9 Å². The number of hydrogen-bond donors (Lipinski definition) is 0. The molecule has 0 fully saturated rings. The van der Waals surface area contributed by atoms with Crippen molar-refractivity contribution >= 4 is 0 Å². The summed E-state index contributed by atoms with van der Waals surface area (Å²) in [4.78, 5) is 0. The smallest absolute Gasteiger partial charge is 0.453 e. The maximum atomic E-state index is 12.6. The van der Waals surface area contributed by atoms with Crippen molar-refractivity contribution in [1.82, 2.24) is 20.2 Å². The van der Waals surface area contributed by atoms with Crippen LogP contribution in [0.3, 0.4) is 0 Å². The summed E-state index contributed by atoms with van der Waals surface area (Å²) in [7, 11) is 1.42. The highest BCUT2D eigenvalue weighted by molar-refractivity contribution is 5.38. The Balaban J connectivity index is 2.50. The molecule has 5 nitrogen and oxygen atoms in total. The van der Waals surface area contributed by atoms with Gasteiger partial charge in [-0.3, -0.25) is 0 Å². The molecule has 0 amide bonds. The lowest BCUT2D eigenvalue weighted by Gasteiger charge is -2.08. The van der Waals surface area contributed by atoms with Crippen LogP contribution in [0.1, 0.15) is 5.82 Å². The quantitative estimate of drug-likeness (QED) is 0.806. The van der Waals surface area contributed by atoms with E-state index in [0.29, 0.717) is 10.4 Å². The van der Waals surface area contributed by atoms with Gasteiger partial charge in [0.2, 0.25) is 0 Å². The molecule has 8 heteroatoms. The first-order valence-electron chi connectivity index (χ1n) is 4.52. The van der Waals surface area contributed by atoms with E-state index in [-0.39, 0.29) is 5.69 Å². The fourth-order valence-electron chi connectivity index (χ4n) is 1.28. The Morgan fingerprint density at radius 1 is 1.29 bits per heavy atom. The predicted molar refractivity (Wildman–Crippen MR) is 50.7 cm³/mol. The third-order valence-corrected chi connectivity index (χ3v) is 2.02. The largest absolute Gasteiger partial charge is 0.497 e. The molecule has 0 aliphatic rings. The Morgan fingerprint density at radius 3 is 2.71 bits per heavy atom. The second-order valence-electron chi connectivity index (χ2n) is 3.11. The van der Waals surface area contributed by atoms with Crippen LogP contribution in [0.15, 0.2) is 24.3 Å². The number of benzene rings is 1. The molecule has 0 bridgehead atoms. The molecule has 90 valence electrons. The molecule has 0 N–H and O–H groups in total. The number of nitrogens with zero attached hydrogens (tertiary/aromatic N) is 4. The standard InChI is InChI=1S/C9H7F3N4O/c1-17-7-4-2-3-6(5-7)16-8(9(10,11)12)13-14-15-16/h2-5H,1H3. The molecular formula is C9H7F3N4O. The molecule has 0 spiro atoms. The third kappa shape index (κ3) is 2.19. The van der Waals surface area contributed by atoms with E-state index >= 15 is 0 Å². The molecule has 2 aromatic rings. The summed E-state index contributed by atoms with van der Waals surface area (Å²) in [6.07, 6.45) is -4.60. The van der Waals surface area contributed by atoms with Gasteiger partial charge in [0.05, 0.1) is 12.8 Å². The molecule has 2 rings (SSSR count). The molecular weight excluding hydrogens is 237 g/mol. The van der Waals surface area contributed by atoms with Gasteiger partial charge in [-0.1, -0.05) is 6.07 Å². The first-order chi connectivity index (χ1) is 8.02. The lowest BCUT2D eigenvalue weighted by atomic mass is 10.3. The second kappa shape index (κ2) is 4.04. The highest BCUT2D eigenvalue weighted by Crippen LogP contribution is 2.28. The van der Waals surface area contributed by atoms with E-state index in [1.54, 1.807) is 12.1 Å². The van der Waals surface area contributed by atoms with Gasteiger partial charge in [0, 0.05) is 6.07 Å². The summed E-state index contributed by atoms with van der Waals surface area (Å²) in [5, 5.41) is 9.29. The van der Waals surface area contributed by atoms with Crippen LogP contribution >= 0.6 is 0 Å². The van der Waals surface area contributed by atoms with Crippen molar-refractivity contribution in [1.29, 1.82) is 0 Å². The molecule has 1 heterocycles. The SMILES string of the molecule is COc1cccc(-n2nnnc2C(F)(F)F)c1. The number of hydrogen-bond acceptors (Lipinski definition) is 4. The van der Waals surface area contributed by atoms with Crippen LogP contribution in [0.4, 0.5) is 13.2 Å². The molecule has 0 aliphatic carbocycles. The number of rotatable bonds is 2. The number of halogens is 3. The molecule has 0 saturated carbocycles. The number of methoxy groups -OCH3 is 1.